The Labute approximate surface area is 100 Å². The van der Waals surface area contributed by atoms with Gasteiger partial charge in [0, 0.05) is 6.42 Å². The normalized spacial score (nSPS) is 12.7. The summed E-state index contributed by atoms with van der Waals surface area (Å²) >= 11 is 0. The van der Waals surface area contributed by atoms with E-state index < -0.39 is 42.9 Å². The molecule has 0 aliphatic rings. The van der Waals surface area contributed by atoms with E-state index in [1.165, 1.54) is 12.2 Å². The smallest absolute Gasteiger partial charge is 0.471 e. The topological polar surface area (TPSA) is 92.7 Å². The van der Waals surface area contributed by atoms with Crippen molar-refractivity contribution in [2.24, 2.45) is 0 Å². The standard InChI is InChI=1S/C9H12F3NO5/c1-2-18-7(16)5(3-4-6(14)15)13-8(17)9(10,11)12/h5H,2-4H2,1H3,(H,13,17)(H,14,15)/t5-/m0/s1. The van der Waals surface area contributed by atoms with Gasteiger partial charge in [-0.2, -0.15) is 13.2 Å². The van der Waals surface area contributed by atoms with Crippen LogP contribution < -0.4 is 5.32 Å². The number of nitrogens with one attached hydrogen (secondary N) is 1. The fourth-order valence-corrected chi connectivity index (χ4v) is 1.000. The second-order valence-corrected chi connectivity index (χ2v) is 3.21. The van der Waals surface area contributed by atoms with Crippen LogP contribution in [0.2, 0.25) is 0 Å². The average Bonchev–Trinajstić information content (AvgIpc) is 2.22. The van der Waals surface area contributed by atoms with E-state index in [1.807, 2.05) is 0 Å². The molecule has 0 aromatic heterocycles. The minimum Gasteiger partial charge on any atom is -0.481 e. The first-order valence-corrected chi connectivity index (χ1v) is 4.94. The Morgan fingerprint density at radius 2 is 1.89 bits per heavy atom. The van der Waals surface area contributed by atoms with Gasteiger partial charge in [-0.15, -0.1) is 0 Å². The predicted octanol–water partition coefficient (Wildman–Crippen LogP) is 0.461. The van der Waals surface area contributed by atoms with E-state index in [-0.39, 0.29) is 6.61 Å². The number of hydrogen-bond acceptors (Lipinski definition) is 4. The van der Waals surface area contributed by atoms with Crippen LogP contribution in [0.5, 0.6) is 0 Å². The molecule has 0 radical (unpaired) electrons. The van der Waals surface area contributed by atoms with Gasteiger partial charge in [-0.25, -0.2) is 4.79 Å². The largest absolute Gasteiger partial charge is 0.481 e. The van der Waals surface area contributed by atoms with E-state index in [9.17, 15) is 27.6 Å². The van der Waals surface area contributed by atoms with Crippen molar-refractivity contribution in [2.75, 3.05) is 6.61 Å². The molecule has 0 saturated heterocycles. The van der Waals surface area contributed by atoms with Crippen molar-refractivity contribution in [3.8, 4) is 0 Å². The predicted molar refractivity (Wildman–Crippen MR) is 51.5 cm³/mol. The van der Waals surface area contributed by atoms with Crippen LogP contribution in [-0.4, -0.2) is 41.8 Å². The second-order valence-electron chi connectivity index (χ2n) is 3.21. The molecule has 104 valence electrons. The summed E-state index contributed by atoms with van der Waals surface area (Å²) in [6.07, 6.45) is -6.19. The summed E-state index contributed by atoms with van der Waals surface area (Å²) in [4.78, 5) is 32.1. The summed E-state index contributed by atoms with van der Waals surface area (Å²) < 4.78 is 40.4. The van der Waals surface area contributed by atoms with Gasteiger partial charge in [-0.1, -0.05) is 0 Å². The molecule has 0 rings (SSSR count). The summed E-state index contributed by atoms with van der Waals surface area (Å²) in [5.74, 6) is -4.71. The lowest BCUT2D eigenvalue weighted by atomic mass is 10.1. The van der Waals surface area contributed by atoms with Gasteiger partial charge in [0.25, 0.3) is 0 Å². The Kier molecular flexibility index (Phi) is 6.14. The average molecular weight is 271 g/mol. The summed E-state index contributed by atoms with van der Waals surface area (Å²) in [5, 5.41) is 9.78. The highest BCUT2D eigenvalue weighted by molar-refractivity contribution is 5.87. The van der Waals surface area contributed by atoms with Gasteiger partial charge in [0.1, 0.15) is 6.04 Å². The molecule has 18 heavy (non-hydrogen) atoms. The molecule has 0 fully saturated rings. The Morgan fingerprint density at radius 3 is 2.28 bits per heavy atom. The third-order valence-corrected chi connectivity index (χ3v) is 1.78. The van der Waals surface area contributed by atoms with E-state index in [0.717, 1.165) is 0 Å². The van der Waals surface area contributed by atoms with E-state index in [4.69, 9.17) is 5.11 Å². The highest BCUT2D eigenvalue weighted by atomic mass is 19.4. The molecule has 6 nitrogen and oxygen atoms in total. The molecule has 0 heterocycles. The fourth-order valence-electron chi connectivity index (χ4n) is 1.000. The number of esters is 1. The van der Waals surface area contributed by atoms with Crippen molar-refractivity contribution in [2.45, 2.75) is 32.0 Å². The van der Waals surface area contributed by atoms with Gasteiger partial charge in [-0.05, 0) is 13.3 Å². The molecule has 2 N–H and O–H groups in total. The molecular weight excluding hydrogens is 259 g/mol. The highest BCUT2D eigenvalue weighted by Crippen LogP contribution is 2.15. The second kappa shape index (κ2) is 6.82. The van der Waals surface area contributed by atoms with Gasteiger partial charge < -0.3 is 15.2 Å². The minimum absolute atomic E-state index is 0.0930. The molecule has 9 heteroatoms. The first-order chi connectivity index (χ1) is 8.18. The first kappa shape index (κ1) is 16.2. The van der Waals surface area contributed by atoms with Gasteiger partial charge >= 0.3 is 24.0 Å². The number of alkyl halides is 3. The Morgan fingerprint density at radius 1 is 1.33 bits per heavy atom. The summed E-state index contributed by atoms with van der Waals surface area (Å²) in [6.45, 7) is 1.34. The van der Waals surface area contributed by atoms with Gasteiger partial charge in [0.2, 0.25) is 0 Å². The van der Waals surface area contributed by atoms with Gasteiger partial charge in [0.05, 0.1) is 6.61 Å². The number of carbonyl (C=O) groups is 3. The zero-order valence-corrected chi connectivity index (χ0v) is 9.41. The Hall–Kier alpha value is -1.80. The number of hydrogen-bond donors (Lipinski definition) is 2. The van der Waals surface area contributed by atoms with Crippen LogP contribution >= 0.6 is 0 Å². The summed E-state index contributed by atoms with van der Waals surface area (Å²) in [7, 11) is 0. The SMILES string of the molecule is CCOC(=O)[C@H](CCC(=O)O)NC(=O)C(F)(F)F. The zero-order valence-electron chi connectivity index (χ0n) is 9.41. The fraction of sp³-hybridized carbons (Fsp3) is 0.667. The van der Waals surface area contributed by atoms with Crippen LogP contribution in [0.25, 0.3) is 0 Å². The van der Waals surface area contributed by atoms with Crippen LogP contribution in [0.1, 0.15) is 19.8 Å². The van der Waals surface area contributed by atoms with Gasteiger partial charge in [0.15, 0.2) is 0 Å². The molecule has 0 aliphatic carbocycles. The minimum atomic E-state index is -5.14. The molecule has 0 saturated carbocycles. The van der Waals surface area contributed by atoms with Crippen molar-refractivity contribution in [3.05, 3.63) is 0 Å². The van der Waals surface area contributed by atoms with E-state index in [0.29, 0.717) is 0 Å². The maximum absolute atomic E-state index is 12.0. The van der Waals surface area contributed by atoms with Crippen LogP contribution in [-0.2, 0) is 19.1 Å². The highest BCUT2D eigenvalue weighted by Gasteiger charge is 2.41. The molecule has 0 bridgehead atoms. The molecule has 0 aromatic carbocycles. The zero-order chi connectivity index (χ0) is 14.3. The van der Waals surface area contributed by atoms with E-state index in [2.05, 4.69) is 4.74 Å². The van der Waals surface area contributed by atoms with E-state index in [1.54, 1.807) is 0 Å². The molecule has 0 aliphatic heterocycles. The number of rotatable bonds is 6. The van der Waals surface area contributed by atoms with Crippen molar-refractivity contribution >= 4 is 17.8 Å². The number of ether oxygens (including phenoxy) is 1. The lowest BCUT2D eigenvalue weighted by molar-refractivity contribution is -0.176. The van der Waals surface area contributed by atoms with E-state index >= 15 is 0 Å². The molecule has 0 spiro atoms. The van der Waals surface area contributed by atoms with Crippen molar-refractivity contribution < 1.29 is 37.4 Å². The molecule has 0 aromatic rings. The molecule has 1 atom stereocenters. The monoisotopic (exact) mass is 271 g/mol. The lowest BCUT2D eigenvalue weighted by Gasteiger charge is -2.17. The van der Waals surface area contributed by atoms with Crippen molar-refractivity contribution in [3.63, 3.8) is 0 Å². The number of carboxylic acids is 1. The van der Waals surface area contributed by atoms with Crippen LogP contribution in [0.15, 0.2) is 0 Å². The third kappa shape index (κ3) is 6.06. The summed E-state index contributed by atoms with van der Waals surface area (Å²) in [6, 6.07) is -1.63. The number of halogens is 3. The van der Waals surface area contributed by atoms with Crippen LogP contribution in [0.4, 0.5) is 13.2 Å². The molecule has 0 unspecified atom stereocenters. The van der Waals surface area contributed by atoms with Crippen LogP contribution in [0, 0.1) is 0 Å². The first-order valence-electron chi connectivity index (χ1n) is 4.94. The Balaban J connectivity index is 4.61. The maximum atomic E-state index is 12.0. The lowest BCUT2D eigenvalue weighted by Crippen LogP contribution is -2.47. The van der Waals surface area contributed by atoms with Gasteiger partial charge in [-0.3, -0.25) is 9.59 Å². The molecule has 1 amide bonds. The number of carbonyl (C=O) groups excluding carboxylic acids is 2. The maximum Gasteiger partial charge on any atom is 0.471 e. The summed E-state index contributed by atoms with van der Waals surface area (Å²) in [5.41, 5.74) is 0. The van der Waals surface area contributed by atoms with Crippen molar-refractivity contribution in [1.82, 2.24) is 5.32 Å². The third-order valence-electron chi connectivity index (χ3n) is 1.78. The number of carboxylic acid groups (broad SMARTS) is 1. The molecular formula is C9H12F3NO5. The number of aliphatic carboxylic acids is 1. The Bertz CT molecular complexity index is 329. The quantitative estimate of drug-likeness (QED) is 0.685. The van der Waals surface area contributed by atoms with Crippen molar-refractivity contribution in [1.29, 1.82) is 0 Å². The number of amides is 1. The van der Waals surface area contributed by atoms with Crippen LogP contribution in [0.3, 0.4) is 0 Å².